The van der Waals surface area contributed by atoms with Crippen molar-refractivity contribution in [3.63, 3.8) is 0 Å². The first-order chi connectivity index (χ1) is 11.1. The molecule has 0 saturated carbocycles. The molecule has 1 atom stereocenters. The predicted molar refractivity (Wildman–Crippen MR) is 97.1 cm³/mol. The van der Waals surface area contributed by atoms with Crippen molar-refractivity contribution in [3.05, 3.63) is 10.5 Å². The van der Waals surface area contributed by atoms with Crippen LogP contribution in [0.2, 0.25) is 0 Å². The van der Waals surface area contributed by atoms with Crippen LogP contribution in [0.4, 0.5) is 0 Å². The van der Waals surface area contributed by atoms with Gasteiger partial charge in [0.1, 0.15) is 11.8 Å². The van der Waals surface area contributed by atoms with Gasteiger partial charge in [0, 0.05) is 13.1 Å². The molecule has 0 spiro atoms. The highest BCUT2D eigenvalue weighted by molar-refractivity contribution is 8.17. The lowest BCUT2D eigenvalue weighted by molar-refractivity contribution is -0.128. The number of carbonyl (C=O) groups is 2. The van der Waals surface area contributed by atoms with E-state index in [0.717, 1.165) is 37.4 Å². The normalized spacial score (nSPS) is 22.7. The number of fused-ring (bicyclic) bond motifs is 2. The number of hydrogen-bond acceptors (Lipinski definition) is 5. The molecule has 0 bridgehead atoms. The van der Waals surface area contributed by atoms with Gasteiger partial charge in [0.15, 0.2) is 0 Å². The van der Waals surface area contributed by atoms with Crippen LogP contribution >= 0.6 is 23.5 Å². The predicted octanol–water partition coefficient (Wildman–Crippen LogP) is 2.73. The van der Waals surface area contributed by atoms with Gasteiger partial charge in [0.05, 0.1) is 16.5 Å². The third-order valence-electron chi connectivity index (χ3n) is 4.33. The number of aliphatic imine (C=N–C) groups is 2. The number of nitrogens with zero attached hydrogens (tertiary/aromatic N) is 3. The van der Waals surface area contributed by atoms with Gasteiger partial charge >= 0.3 is 0 Å². The fourth-order valence-corrected chi connectivity index (χ4v) is 5.28. The van der Waals surface area contributed by atoms with Gasteiger partial charge in [-0.25, -0.2) is 4.99 Å². The molecule has 0 fully saturated rings. The molecule has 3 rings (SSSR count). The number of carbonyl (C=O) groups excluding carboxylic acids is 2. The Kier molecular flexibility index (Phi) is 5.26. The molecule has 0 radical (unpaired) electrons. The lowest BCUT2D eigenvalue weighted by atomic mass is 9.98. The molecule has 0 aromatic rings. The average Bonchev–Trinajstić information content (AvgIpc) is 3.08. The van der Waals surface area contributed by atoms with Crippen molar-refractivity contribution in [1.29, 1.82) is 0 Å². The standard InChI is InChI=1S/C16H21N3O2S2/c1-3-19(4-2)13(20)9-22-8-12-17-15(21)14-10-6-5-7-11(10)23-16(14)18-12/h14H,3-9H2,1-2H3. The minimum Gasteiger partial charge on any atom is -0.343 e. The van der Waals surface area contributed by atoms with Crippen LogP contribution in [0.1, 0.15) is 33.1 Å². The zero-order chi connectivity index (χ0) is 16.4. The maximum atomic E-state index is 12.3. The SMILES string of the molecule is CCN(CC)C(=O)CSCC1=NC(=O)C2C(=N1)SC1=C2CCC1. The van der Waals surface area contributed by atoms with Crippen LogP contribution in [0.25, 0.3) is 0 Å². The number of amidine groups is 1. The molecule has 3 aliphatic rings. The molecule has 2 amide bonds. The van der Waals surface area contributed by atoms with Crippen molar-refractivity contribution in [3.8, 4) is 0 Å². The molecule has 0 N–H and O–H groups in total. The second-order valence-electron chi connectivity index (χ2n) is 5.71. The number of hydrogen-bond donors (Lipinski definition) is 0. The second kappa shape index (κ2) is 7.21. The van der Waals surface area contributed by atoms with E-state index in [9.17, 15) is 9.59 Å². The van der Waals surface area contributed by atoms with E-state index in [1.165, 1.54) is 22.2 Å². The zero-order valence-electron chi connectivity index (χ0n) is 13.5. The average molecular weight is 351 g/mol. The third-order valence-corrected chi connectivity index (χ3v) is 6.49. The van der Waals surface area contributed by atoms with Crippen molar-refractivity contribution in [2.45, 2.75) is 33.1 Å². The number of amides is 2. The summed E-state index contributed by atoms with van der Waals surface area (Å²) in [5, 5.41) is 0.903. The summed E-state index contributed by atoms with van der Waals surface area (Å²) in [4.78, 5) is 36.2. The van der Waals surface area contributed by atoms with Gasteiger partial charge in [-0.05, 0) is 43.6 Å². The van der Waals surface area contributed by atoms with Crippen LogP contribution < -0.4 is 0 Å². The Labute approximate surface area is 145 Å². The van der Waals surface area contributed by atoms with E-state index < -0.39 is 0 Å². The largest absolute Gasteiger partial charge is 0.343 e. The Morgan fingerprint density at radius 2 is 2.09 bits per heavy atom. The Balaban J connectivity index is 1.56. The lowest BCUT2D eigenvalue weighted by Gasteiger charge is -2.19. The van der Waals surface area contributed by atoms with E-state index in [4.69, 9.17) is 0 Å². The number of allylic oxidation sites excluding steroid dienone is 1. The van der Waals surface area contributed by atoms with Crippen molar-refractivity contribution < 1.29 is 9.59 Å². The minimum absolute atomic E-state index is 0.0694. The third kappa shape index (κ3) is 3.40. The molecular weight excluding hydrogens is 330 g/mol. The fourth-order valence-electron chi connectivity index (χ4n) is 3.14. The van der Waals surface area contributed by atoms with Crippen LogP contribution in [0.15, 0.2) is 20.5 Å². The van der Waals surface area contributed by atoms with Gasteiger partial charge in [-0.15, -0.1) is 11.8 Å². The highest BCUT2D eigenvalue weighted by atomic mass is 32.2. The number of rotatable bonds is 6. The molecule has 7 heteroatoms. The first kappa shape index (κ1) is 16.8. The Hall–Kier alpha value is -1.08. The highest BCUT2D eigenvalue weighted by Crippen LogP contribution is 2.48. The molecule has 23 heavy (non-hydrogen) atoms. The molecule has 1 aliphatic carbocycles. The van der Waals surface area contributed by atoms with Crippen LogP contribution in [0.3, 0.4) is 0 Å². The Morgan fingerprint density at radius 3 is 2.83 bits per heavy atom. The first-order valence-electron chi connectivity index (χ1n) is 8.09. The molecule has 124 valence electrons. The molecule has 2 aliphatic heterocycles. The summed E-state index contributed by atoms with van der Waals surface area (Å²) in [6, 6.07) is 0. The molecule has 1 unspecified atom stereocenters. The van der Waals surface area contributed by atoms with Crippen molar-refractivity contribution in [2.24, 2.45) is 15.9 Å². The van der Waals surface area contributed by atoms with E-state index >= 15 is 0 Å². The highest BCUT2D eigenvalue weighted by Gasteiger charge is 2.41. The molecular formula is C16H21N3O2S2. The van der Waals surface area contributed by atoms with E-state index in [2.05, 4.69) is 9.98 Å². The van der Waals surface area contributed by atoms with Crippen LogP contribution in [0, 0.1) is 5.92 Å². The van der Waals surface area contributed by atoms with Gasteiger partial charge in [-0.2, -0.15) is 4.99 Å². The Bertz CT molecular complexity index is 621. The summed E-state index contributed by atoms with van der Waals surface area (Å²) in [6.07, 6.45) is 3.23. The van der Waals surface area contributed by atoms with Gasteiger partial charge in [-0.1, -0.05) is 11.8 Å². The smallest absolute Gasteiger partial charge is 0.261 e. The first-order valence-corrected chi connectivity index (χ1v) is 10.1. The fraction of sp³-hybridized carbons (Fsp3) is 0.625. The second-order valence-corrected chi connectivity index (χ2v) is 7.81. The summed E-state index contributed by atoms with van der Waals surface area (Å²) >= 11 is 3.15. The maximum Gasteiger partial charge on any atom is 0.261 e. The summed E-state index contributed by atoms with van der Waals surface area (Å²) in [5.74, 6) is 1.35. The summed E-state index contributed by atoms with van der Waals surface area (Å²) in [5.41, 5.74) is 1.26. The number of thioether (sulfide) groups is 2. The Morgan fingerprint density at radius 1 is 1.30 bits per heavy atom. The van der Waals surface area contributed by atoms with Crippen molar-refractivity contribution in [2.75, 3.05) is 24.6 Å². The van der Waals surface area contributed by atoms with E-state index in [1.807, 2.05) is 18.7 Å². The van der Waals surface area contributed by atoms with Crippen LogP contribution in [-0.4, -0.2) is 52.2 Å². The van der Waals surface area contributed by atoms with Gasteiger partial charge < -0.3 is 4.90 Å². The van der Waals surface area contributed by atoms with Gasteiger partial charge in [0.2, 0.25) is 5.91 Å². The topological polar surface area (TPSA) is 62.1 Å². The molecule has 0 saturated heterocycles. The molecule has 2 heterocycles. The van der Waals surface area contributed by atoms with E-state index in [1.54, 1.807) is 11.8 Å². The summed E-state index contributed by atoms with van der Waals surface area (Å²) in [7, 11) is 0. The van der Waals surface area contributed by atoms with Gasteiger partial charge in [-0.3, -0.25) is 9.59 Å². The van der Waals surface area contributed by atoms with Crippen LogP contribution in [0.5, 0.6) is 0 Å². The van der Waals surface area contributed by atoms with Crippen molar-refractivity contribution >= 4 is 46.2 Å². The van der Waals surface area contributed by atoms with Gasteiger partial charge in [0.25, 0.3) is 5.91 Å². The monoisotopic (exact) mass is 351 g/mol. The minimum atomic E-state index is -0.191. The summed E-state index contributed by atoms with van der Waals surface area (Å²) < 4.78 is 0. The maximum absolute atomic E-state index is 12.3. The molecule has 0 aromatic heterocycles. The zero-order valence-corrected chi connectivity index (χ0v) is 15.1. The lowest BCUT2D eigenvalue weighted by Crippen LogP contribution is -2.32. The van der Waals surface area contributed by atoms with E-state index in [-0.39, 0.29) is 17.7 Å². The molecule has 0 aromatic carbocycles. The quantitative estimate of drug-likeness (QED) is 0.738. The van der Waals surface area contributed by atoms with E-state index in [0.29, 0.717) is 17.3 Å². The van der Waals surface area contributed by atoms with Crippen LogP contribution in [-0.2, 0) is 9.59 Å². The summed E-state index contributed by atoms with van der Waals surface area (Å²) in [6.45, 7) is 5.41. The van der Waals surface area contributed by atoms with Crippen molar-refractivity contribution in [1.82, 2.24) is 4.90 Å². The molecule has 5 nitrogen and oxygen atoms in total.